The molecular weight excluding hydrogens is 1610 g/mol. The van der Waals surface area contributed by atoms with Crippen LogP contribution in [0, 0.1) is 32.6 Å². The fraction of sp³-hybridized carbons (Fsp3) is 0.438. The predicted molar refractivity (Wildman–Crippen MR) is 447 cm³/mol. The number of aryl methyl sites for hydroxylation is 8. The Morgan fingerprint density at radius 3 is 1.30 bits per heavy atom. The first-order chi connectivity index (χ1) is 57.5. The Hall–Kier alpha value is -12.5. The van der Waals surface area contributed by atoms with Crippen LogP contribution in [0.3, 0.4) is 0 Å². The van der Waals surface area contributed by atoms with Crippen molar-refractivity contribution in [2.24, 2.45) is 33.9 Å². The molecule has 0 aliphatic carbocycles. The van der Waals surface area contributed by atoms with Gasteiger partial charge in [0.1, 0.15) is 40.8 Å². The lowest BCUT2D eigenvalue weighted by atomic mass is 10.1. The van der Waals surface area contributed by atoms with Crippen LogP contribution in [-0.4, -0.2) is 200 Å². The molecule has 0 saturated heterocycles. The monoisotopic (exact) mass is 1720 g/mol. The number of sulfonamides is 2. The summed E-state index contributed by atoms with van der Waals surface area (Å²) in [4.78, 5) is 166. The molecule has 13 N–H and O–H groups in total. The lowest BCUT2D eigenvalue weighted by molar-refractivity contribution is -0.608. The first-order valence-corrected chi connectivity index (χ1v) is 42.0. The van der Waals surface area contributed by atoms with Gasteiger partial charge in [0.2, 0.25) is 66.4 Å². The number of benzene rings is 4. The van der Waals surface area contributed by atoms with E-state index in [-0.39, 0.29) is 157 Å². The van der Waals surface area contributed by atoms with Gasteiger partial charge >= 0.3 is 11.9 Å². The van der Waals surface area contributed by atoms with Gasteiger partial charge < -0.3 is 85.1 Å². The maximum absolute atomic E-state index is 13.9. The number of nitrogens with one attached hydrogen (secondary N) is 11. The van der Waals surface area contributed by atoms with E-state index in [0.29, 0.717) is 52.3 Å². The fourth-order valence-corrected chi connectivity index (χ4v) is 16.6. The van der Waals surface area contributed by atoms with Crippen molar-refractivity contribution in [2.45, 2.75) is 146 Å². The number of nitroso groups, excluding NO2 is 1. The number of amides is 7. The van der Waals surface area contributed by atoms with E-state index in [0.717, 1.165) is 25.3 Å². The van der Waals surface area contributed by atoms with Gasteiger partial charge in [0, 0.05) is 170 Å². The summed E-state index contributed by atoms with van der Waals surface area (Å²) < 4.78 is 89.0. The number of esters is 2. The van der Waals surface area contributed by atoms with E-state index in [1.165, 1.54) is 64.4 Å². The van der Waals surface area contributed by atoms with Crippen molar-refractivity contribution in [3.63, 3.8) is 0 Å². The van der Waals surface area contributed by atoms with Gasteiger partial charge in [-0.05, 0) is 129 Å². The number of ether oxygens (including phenoxy) is 4. The first-order valence-electron chi connectivity index (χ1n) is 39.0. The zero-order valence-electron chi connectivity index (χ0n) is 69.5. The standard InChI is InChI=1S/C80H105N19O20S2/c1-13-59(75(107)84-27-25-82-66(100)17-15-33-118-53-35-47(3)71(48(4)36-53)120(112,113)93-60(77(109)116-11)43-88-73(105)57-45-97(9)63-39-51(19-21-55(63)69(57)103)41-90-79-86-29-31-95(79)7)92-68(102)24-23-65(81)99(111)62(14-2)76(108)85-28-26-83-67(101)18-16-34-119-54-37-49(5)72(50(6)38-54)121(114,115)94-61(78(110)117-12)44-89-74(106)58-46-98(10)64-40-52(20-22-56(64)70(58)104)42-91-80-87-30-32-96(80)8/h19-22,29-32,35-40,45-46,59-62,65,93-94H,13-18,23-28,33-34,41-44,81H2,1-12H3,(H8-,82,83,84,85,86,87,88,89,90,91,92,100,101,102,105,106,107,108)/p+1/t59-,60-,61-,62-,65+/m0/s1. The number of nitrogens with zero attached hydrogens (tertiary/aromatic N) is 7. The summed E-state index contributed by atoms with van der Waals surface area (Å²) in [6, 6.07) is 10.8. The number of carbonyl (C=O) groups excluding carboxylic acids is 9. The fourth-order valence-electron chi connectivity index (χ4n) is 13.3. The minimum absolute atomic E-state index is 0.00569. The van der Waals surface area contributed by atoms with Crippen LogP contribution >= 0.6 is 0 Å². The van der Waals surface area contributed by atoms with Crippen molar-refractivity contribution in [3.05, 3.63) is 168 Å². The molecule has 4 heterocycles. The zero-order chi connectivity index (χ0) is 88.6. The normalized spacial score (nSPS) is 12.7. The third-order valence-electron chi connectivity index (χ3n) is 19.6. The van der Waals surface area contributed by atoms with E-state index >= 15 is 0 Å². The van der Waals surface area contributed by atoms with Crippen LogP contribution in [0.1, 0.15) is 119 Å². The summed E-state index contributed by atoms with van der Waals surface area (Å²) >= 11 is 0. The zero-order valence-corrected chi connectivity index (χ0v) is 71.2. The quantitative estimate of drug-likeness (QED) is 0.0112. The van der Waals surface area contributed by atoms with Gasteiger partial charge in [0.05, 0.1) is 48.3 Å². The smallest absolute Gasteiger partial charge is 0.325 e. The molecule has 121 heavy (non-hydrogen) atoms. The summed E-state index contributed by atoms with van der Waals surface area (Å²) in [7, 11) is 0.214. The van der Waals surface area contributed by atoms with Gasteiger partial charge in [0.15, 0.2) is 0 Å². The third-order valence-corrected chi connectivity index (χ3v) is 23.2. The van der Waals surface area contributed by atoms with Crippen LogP contribution in [0.25, 0.3) is 21.8 Å². The van der Waals surface area contributed by atoms with Crippen LogP contribution in [0.4, 0.5) is 11.9 Å². The van der Waals surface area contributed by atoms with E-state index in [9.17, 15) is 74.5 Å². The summed E-state index contributed by atoms with van der Waals surface area (Å²) in [5.41, 5.74) is 8.33. The number of pyridine rings is 2. The van der Waals surface area contributed by atoms with Crippen LogP contribution < -0.4 is 83.4 Å². The Morgan fingerprint density at radius 2 is 0.917 bits per heavy atom. The van der Waals surface area contributed by atoms with Crippen molar-refractivity contribution in [2.75, 3.05) is 77.3 Å². The van der Waals surface area contributed by atoms with Crippen molar-refractivity contribution in [1.29, 1.82) is 0 Å². The van der Waals surface area contributed by atoms with E-state index < -0.39 is 116 Å². The van der Waals surface area contributed by atoms with Crippen LogP contribution in [0.5, 0.6) is 11.5 Å². The molecule has 7 amide bonds. The average molecular weight is 1720 g/mol. The Labute approximate surface area is 698 Å². The minimum atomic E-state index is -4.47. The first kappa shape index (κ1) is 94.0. The number of nitrogens with two attached hydrogens (primary N) is 1. The lowest BCUT2D eigenvalue weighted by Crippen LogP contribution is -2.50. The van der Waals surface area contributed by atoms with Crippen molar-refractivity contribution in [1.82, 2.24) is 74.9 Å². The highest BCUT2D eigenvalue weighted by molar-refractivity contribution is 7.90. The van der Waals surface area contributed by atoms with Gasteiger partial charge in [-0.15, -0.1) is 0 Å². The third kappa shape index (κ3) is 25.5. The lowest BCUT2D eigenvalue weighted by Gasteiger charge is -2.20. The molecule has 0 unspecified atom stereocenters. The Balaban J connectivity index is 0.676. The van der Waals surface area contributed by atoms with Gasteiger partial charge in [-0.3, -0.25) is 58.5 Å². The number of imidazole rings is 2. The Morgan fingerprint density at radius 1 is 0.512 bits per heavy atom. The second-order valence-corrected chi connectivity index (χ2v) is 32.1. The van der Waals surface area contributed by atoms with E-state index in [2.05, 4.69) is 67.3 Å². The predicted octanol–water partition coefficient (Wildman–Crippen LogP) is 1.82. The largest absolute Gasteiger partial charge is 0.494 e. The number of methoxy groups -OCH3 is 2. The average Bonchev–Trinajstić information content (AvgIpc) is 0.962. The minimum Gasteiger partial charge on any atom is -0.494 e. The van der Waals surface area contributed by atoms with Gasteiger partial charge in [-0.1, -0.05) is 26.0 Å². The van der Waals surface area contributed by atoms with E-state index in [4.69, 9.17) is 24.7 Å². The highest BCUT2D eigenvalue weighted by Gasteiger charge is 2.37. The second-order valence-electron chi connectivity index (χ2n) is 28.8. The number of hydrogen-bond donors (Lipinski definition) is 12. The maximum atomic E-state index is 13.9. The molecule has 0 radical (unpaired) electrons. The molecule has 652 valence electrons. The van der Waals surface area contributed by atoms with Crippen molar-refractivity contribution in [3.8, 4) is 11.5 Å². The van der Waals surface area contributed by atoms with Crippen LogP contribution in [-0.2, 0) is 104 Å². The van der Waals surface area contributed by atoms with Gasteiger partial charge in [0.25, 0.3) is 29.9 Å². The molecule has 0 saturated carbocycles. The molecule has 0 bridgehead atoms. The molecule has 4 aromatic carbocycles. The number of anilines is 2. The number of carbonyl (C=O) groups is 9. The molecule has 41 heteroatoms. The SMILES string of the molecule is CC[C@H](NC(=O)CC[C@H](N)[N+](=O)[C@@H](CC)C(=O)NCCNC(=O)CCCOc1cc(C)c(S(=O)(=O)N[C@@H](CNC(=O)c2cn(C)c3cc(CNc4nccn4C)ccc3c2=O)C(=O)OC)c(C)c1)C(=O)NCCNC(=O)CCCOc1cc(C)c(S(=O)(=O)N[C@@H](CNC(=O)c2cn(C)c3cc(CNc4nccn4C)ccc3c2=O)C(=O)OC)c(C)c1. The summed E-state index contributed by atoms with van der Waals surface area (Å²) in [6.45, 7) is 9.16. The van der Waals surface area contributed by atoms with Crippen LogP contribution in [0.2, 0.25) is 0 Å². The number of rotatable bonds is 46. The van der Waals surface area contributed by atoms with Crippen molar-refractivity contribution < 1.29 is 83.7 Å². The van der Waals surface area contributed by atoms with Crippen LogP contribution in [0.15, 0.2) is 117 Å². The summed E-state index contributed by atoms with van der Waals surface area (Å²) in [6.07, 6.45) is 8.66. The molecular formula is C80H106N19O20S2+. The molecule has 0 aliphatic rings. The molecule has 8 rings (SSSR count). The summed E-state index contributed by atoms with van der Waals surface area (Å²) in [5.74, 6) is -4.34. The van der Waals surface area contributed by atoms with E-state index in [1.807, 2.05) is 35.4 Å². The molecule has 4 aromatic heterocycles. The molecule has 5 atom stereocenters. The molecule has 0 spiro atoms. The molecule has 0 aliphatic heterocycles. The van der Waals surface area contributed by atoms with E-state index in [1.54, 1.807) is 86.1 Å². The Kier molecular flexibility index (Phi) is 33.8. The highest BCUT2D eigenvalue weighted by Crippen LogP contribution is 2.29. The molecule has 8 aromatic rings. The Bertz CT molecular complexity index is 5480. The van der Waals surface area contributed by atoms with Gasteiger partial charge in [-0.2, -0.15) is 9.44 Å². The number of aromatic nitrogens is 6. The van der Waals surface area contributed by atoms with Gasteiger partial charge in [-0.25, -0.2) is 26.8 Å². The highest BCUT2D eigenvalue weighted by atomic mass is 32.2. The second kappa shape index (κ2) is 43.5. The number of hydrogen-bond acceptors (Lipinski definition) is 25. The van der Waals surface area contributed by atoms with Crippen molar-refractivity contribution >= 4 is 107 Å². The molecule has 39 nitrogen and oxygen atoms in total. The summed E-state index contributed by atoms with van der Waals surface area (Å²) in [5, 5.41) is 25.2. The molecule has 0 fully saturated rings. The topological polar surface area (TPSA) is 517 Å². The maximum Gasteiger partial charge on any atom is 0.325 e. The number of fused-ring (bicyclic) bond motifs is 2.